The number of ether oxygens (including phenoxy) is 1. The highest BCUT2D eigenvalue weighted by atomic mass is 16.5. The molecule has 7 heteroatoms. The molecule has 2 amide bonds. The van der Waals surface area contributed by atoms with Crippen LogP contribution in [-0.4, -0.2) is 40.1 Å². The van der Waals surface area contributed by atoms with Crippen LogP contribution in [0.2, 0.25) is 0 Å². The Bertz CT molecular complexity index is 841. The van der Waals surface area contributed by atoms with Crippen molar-refractivity contribution in [2.75, 3.05) is 19.0 Å². The average Bonchev–Trinajstić information content (AvgIpc) is 3.01. The van der Waals surface area contributed by atoms with Crippen LogP contribution < -0.4 is 10.1 Å². The van der Waals surface area contributed by atoms with Crippen molar-refractivity contribution in [2.45, 2.75) is 26.8 Å². The van der Waals surface area contributed by atoms with Gasteiger partial charge in [-0.1, -0.05) is 19.9 Å². The number of amides is 2. The Hall–Kier alpha value is -2.83. The minimum Gasteiger partial charge on any atom is -0.479 e. The fourth-order valence-corrected chi connectivity index (χ4v) is 3.16. The van der Waals surface area contributed by atoms with Crippen molar-refractivity contribution < 1.29 is 14.3 Å². The SMILES string of the molecule is COc1nn(C)cc1C(=O)Nc1ccc2c(c1)CN(C(=O)C(C)C)CC2. The summed E-state index contributed by atoms with van der Waals surface area (Å²) >= 11 is 0. The molecular formula is C19H24N4O3. The molecule has 1 aromatic carbocycles. The second kappa shape index (κ2) is 7.19. The molecule has 3 rings (SSSR count). The highest BCUT2D eigenvalue weighted by Crippen LogP contribution is 2.25. The molecule has 1 aliphatic heterocycles. The van der Waals surface area contributed by atoms with Gasteiger partial charge in [0.15, 0.2) is 0 Å². The van der Waals surface area contributed by atoms with E-state index in [2.05, 4.69) is 10.4 Å². The van der Waals surface area contributed by atoms with E-state index in [0.29, 0.717) is 17.8 Å². The first-order valence-corrected chi connectivity index (χ1v) is 8.68. The van der Waals surface area contributed by atoms with Gasteiger partial charge in [-0.2, -0.15) is 0 Å². The lowest BCUT2D eigenvalue weighted by Crippen LogP contribution is -2.38. The van der Waals surface area contributed by atoms with Crippen LogP contribution in [0, 0.1) is 5.92 Å². The van der Waals surface area contributed by atoms with Crippen molar-refractivity contribution in [3.05, 3.63) is 41.1 Å². The van der Waals surface area contributed by atoms with Crippen molar-refractivity contribution >= 4 is 17.5 Å². The van der Waals surface area contributed by atoms with Gasteiger partial charge in [0.05, 0.1) is 7.11 Å². The van der Waals surface area contributed by atoms with Gasteiger partial charge in [-0.15, -0.1) is 5.10 Å². The average molecular weight is 356 g/mol. The summed E-state index contributed by atoms with van der Waals surface area (Å²) in [6.07, 6.45) is 2.45. The van der Waals surface area contributed by atoms with E-state index in [9.17, 15) is 9.59 Å². The van der Waals surface area contributed by atoms with Crippen molar-refractivity contribution in [3.63, 3.8) is 0 Å². The van der Waals surface area contributed by atoms with Crippen LogP contribution in [-0.2, 0) is 24.8 Å². The van der Waals surface area contributed by atoms with Gasteiger partial charge in [0.1, 0.15) is 5.56 Å². The molecule has 2 heterocycles. The molecular weight excluding hydrogens is 332 g/mol. The molecule has 0 bridgehead atoms. The van der Waals surface area contributed by atoms with E-state index in [0.717, 1.165) is 18.5 Å². The number of aryl methyl sites for hydroxylation is 1. The Morgan fingerprint density at radius 3 is 2.73 bits per heavy atom. The van der Waals surface area contributed by atoms with Gasteiger partial charge in [0.2, 0.25) is 11.8 Å². The summed E-state index contributed by atoms with van der Waals surface area (Å²) in [5.74, 6) is 0.153. The molecule has 0 atom stereocenters. The van der Waals surface area contributed by atoms with Crippen molar-refractivity contribution in [3.8, 4) is 5.88 Å². The van der Waals surface area contributed by atoms with Crippen LogP contribution in [0.25, 0.3) is 0 Å². The number of benzene rings is 1. The van der Waals surface area contributed by atoms with Gasteiger partial charge < -0.3 is 15.0 Å². The lowest BCUT2D eigenvalue weighted by molar-refractivity contribution is -0.135. The molecule has 0 spiro atoms. The number of rotatable bonds is 4. The summed E-state index contributed by atoms with van der Waals surface area (Å²) in [5, 5.41) is 6.98. The number of anilines is 1. The van der Waals surface area contributed by atoms with E-state index in [1.54, 1.807) is 13.2 Å². The molecule has 0 saturated carbocycles. The molecule has 0 fully saturated rings. The monoisotopic (exact) mass is 356 g/mol. The Morgan fingerprint density at radius 1 is 1.27 bits per heavy atom. The quantitative estimate of drug-likeness (QED) is 0.911. The fraction of sp³-hybridized carbons (Fsp3) is 0.421. The third kappa shape index (κ3) is 3.56. The summed E-state index contributed by atoms with van der Waals surface area (Å²) < 4.78 is 6.68. The first kappa shape index (κ1) is 18.0. The molecule has 1 N–H and O–H groups in total. The largest absolute Gasteiger partial charge is 0.479 e. The Balaban J connectivity index is 1.78. The van der Waals surface area contributed by atoms with Crippen LogP contribution in [0.15, 0.2) is 24.4 Å². The van der Waals surface area contributed by atoms with Crippen molar-refractivity contribution in [1.29, 1.82) is 0 Å². The van der Waals surface area contributed by atoms with Gasteiger partial charge in [-0.3, -0.25) is 14.3 Å². The van der Waals surface area contributed by atoms with Crippen LogP contribution in [0.1, 0.15) is 35.3 Å². The summed E-state index contributed by atoms with van der Waals surface area (Å²) in [6, 6.07) is 5.85. The second-order valence-corrected chi connectivity index (χ2v) is 6.83. The van der Waals surface area contributed by atoms with Crippen LogP contribution in [0.3, 0.4) is 0 Å². The maximum absolute atomic E-state index is 12.5. The molecule has 0 aliphatic carbocycles. The van der Waals surface area contributed by atoms with E-state index in [1.807, 2.05) is 36.9 Å². The predicted molar refractivity (Wildman–Crippen MR) is 98.1 cm³/mol. The van der Waals surface area contributed by atoms with E-state index >= 15 is 0 Å². The van der Waals surface area contributed by atoms with Gasteiger partial charge in [0, 0.05) is 37.9 Å². The summed E-state index contributed by atoms with van der Waals surface area (Å²) in [5.41, 5.74) is 3.36. The number of carbonyl (C=O) groups is 2. The van der Waals surface area contributed by atoms with Gasteiger partial charge in [0.25, 0.3) is 5.91 Å². The normalized spacial score (nSPS) is 13.5. The predicted octanol–water partition coefficient (Wildman–Crippen LogP) is 2.22. The Labute approximate surface area is 152 Å². The molecule has 0 radical (unpaired) electrons. The second-order valence-electron chi connectivity index (χ2n) is 6.83. The first-order chi connectivity index (χ1) is 12.4. The molecule has 138 valence electrons. The maximum Gasteiger partial charge on any atom is 0.262 e. The summed E-state index contributed by atoms with van der Waals surface area (Å²) in [4.78, 5) is 26.7. The number of fused-ring (bicyclic) bond motifs is 1. The fourth-order valence-electron chi connectivity index (χ4n) is 3.16. The number of aromatic nitrogens is 2. The van der Waals surface area contributed by atoms with Crippen LogP contribution in [0.5, 0.6) is 5.88 Å². The number of nitrogens with zero attached hydrogens (tertiary/aromatic N) is 3. The maximum atomic E-state index is 12.5. The zero-order valence-electron chi connectivity index (χ0n) is 15.6. The number of carbonyl (C=O) groups excluding carboxylic acids is 2. The Kier molecular flexibility index (Phi) is 4.97. The molecule has 26 heavy (non-hydrogen) atoms. The molecule has 1 aromatic heterocycles. The molecule has 0 saturated heterocycles. The minimum atomic E-state index is -0.277. The smallest absolute Gasteiger partial charge is 0.262 e. The van der Waals surface area contributed by atoms with E-state index in [-0.39, 0.29) is 23.6 Å². The third-order valence-corrected chi connectivity index (χ3v) is 4.51. The number of hydrogen-bond donors (Lipinski definition) is 1. The number of methoxy groups -OCH3 is 1. The van der Waals surface area contributed by atoms with Crippen LogP contribution in [0.4, 0.5) is 5.69 Å². The summed E-state index contributed by atoms with van der Waals surface area (Å²) in [7, 11) is 3.22. The molecule has 2 aromatic rings. The molecule has 0 unspecified atom stereocenters. The Morgan fingerprint density at radius 2 is 2.04 bits per heavy atom. The van der Waals surface area contributed by atoms with Gasteiger partial charge in [-0.05, 0) is 29.7 Å². The highest BCUT2D eigenvalue weighted by Gasteiger charge is 2.23. The topological polar surface area (TPSA) is 76.5 Å². The standard InChI is InChI=1S/C19H24N4O3/c1-12(2)19(25)23-8-7-13-5-6-15(9-14(13)10-23)20-17(24)16-11-22(3)21-18(16)26-4/h5-6,9,11-12H,7-8,10H2,1-4H3,(H,20,24). The van der Waals surface area contributed by atoms with Gasteiger partial charge in [-0.25, -0.2) is 0 Å². The van der Waals surface area contributed by atoms with E-state index < -0.39 is 0 Å². The van der Waals surface area contributed by atoms with Crippen molar-refractivity contribution in [2.24, 2.45) is 13.0 Å². The van der Waals surface area contributed by atoms with E-state index in [1.165, 1.54) is 17.4 Å². The highest BCUT2D eigenvalue weighted by molar-refractivity contribution is 6.05. The number of hydrogen-bond acceptors (Lipinski definition) is 4. The van der Waals surface area contributed by atoms with Crippen LogP contribution >= 0.6 is 0 Å². The van der Waals surface area contributed by atoms with Gasteiger partial charge >= 0.3 is 0 Å². The zero-order chi connectivity index (χ0) is 18.8. The summed E-state index contributed by atoms with van der Waals surface area (Å²) in [6.45, 7) is 5.14. The molecule has 1 aliphatic rings. The van der Waals surface area contributed by atoms with Crippen molar-refractivity contribution in [1.82, 2.24) is 14.7 Å². The lowest BCUT2D eigenvalue weighted by Gasteiger charge is -2.30. The minimum absolute atomic E-state index is 0.0162. The molecule has 7 nitrogen and oxygen atoms in total. The lowest BCUT2D eigenvalue weighted by atomic mass is 9.98. The zero-order valence-corrected chi connectivity index (χ0v) is 15.6. The first-order valence-electron chi connectivity index (χ1n) is 8.68. The number of nitrogens with one attached hydrogen (secondary N) is 1. The van der Waals surface area contributed by atoms with E-state index in [4.69, 9.17) is 4.74 Å². The third-order valence-electron chi connectivity index (χ3n) is 4.51.